The van der Waals surface area contributed by atoms with Crippen molar-refractivity contribution in [2.75, 3.05) is 13.2 Å². The molecule has 0 radical (unpaired) electrons. The lowest BCUT2D eigenvalue weighted by atomic mass is 9.96. The first-order valence-electron chi connectivity index (χ1n) is 17.4. The molecule has 2 N–H and O–H groups in total. The predicted molar refractivity (Wildman–Crippen MR) is 192 cm³/mol. The number of para-hydroxylation sites is 1. The molecule has 6 rings (SSSR count). The number of carboxylic acid groups (broad SMARTS) is 1. The minimum absolute atomic E-state index is 0.0149. The number of aromatic nitrogens is 1. The van der Waals surface area contributed by atoms with Gasteiger partial charge >= 0.3 is 18.0 Å². The molecule has 4 aromatic rings. The highest BCUT2D eigenvalue weighted by Gasteiger charge is 2.40. The quantitative estimate of drug-likeness (QED) is 0.177. The summed E-state index contributed by atoms with van der Waals surface area (Å²) in [5.41, 5.74) is 2.33. The fourth-order valence-electron chi connectivity index (χ4n) is 6.04. The van der Waals surface area contributed by atoms with Crippen LogP contribution < -0.4 is 14.8 Å². The molecule has 12 nitrogen and oxygen atoms in total. The number of likely N-dealkylation sites (tertiary alicyclic amines) is 1. The fraction of sp³-hybridized carbons (Fsp3) is 0.375. The number of oxazole rings is 1. The average Bonchev–Trinajstić information content (AvgIpc) is 3.84. The van der Waals surface area contributed by atoms with Crippen molar-refractivity contribution in [1.82, 2.24) is 15.2 Å². The number of nitrogens with zero attached hydrogens (tertiary/aromatic N) is 2. The number of nitrogens with one attached hydrogen (secondary N) is 1. The molecule has 0 aliphatic carbocycles. The van der Waals surface area contributed by atoms with Gasteiger partial charge in [-0.25, -0.2) is 19.4 Å². The normalized spacial score (nSPS) is 18.2. The lowest BCUT2D eigenvalue weighted by Crippen LogP contribution is -2.42. The highest BCUT2D eigenvalue weighted by Crippen LogP contribution is 2.29. The number of benzene rings is 3. The number of carboxylic acids is 1. The van der Waals surface area contributed by atoms with Gasteiger partial charge in [-0.2, -0.15) is 0 Å². The Morgan fingerprint density at radius 1 is 0.981 bits per heavy atom. The van der Waals surface area contributed by atoms with E-state index in [0.717, 1.165) is 28.3 Å². The number of hydrogen-bond acceptors (Lipinski definition) is 9. The van der Waals surface area contributed by atoms with Gasteiger partial charge in [0.15, 0.2) is 0 Å². The van der Waals surface area contributed by atoms with Crippen LogP contribution in [0.2, 0.25) is 0 Å². The van der Waals surface area contributed by atoms with Crippen molar-refractivity contribution in [2.45, 2.75) is 77.5 Å². The first kappa shape index (κ1) is 37.6. The van der Waals surface area contributed by atoms with Crippen LogP contribution in [-0.2, 0) is 32.0 Å². The molecule has 52 heavy (non-hydrogen) atoms. The van der Waals surface area contributed by atoms with Crippen LogP contribution in [0.1, 0.15) is 57.1 Å². The van der Waals surface area contributed by atoms with Crippen molar-refractivity contribution in [3.05, 3.63) is 102 Å². The Labute approximate surface area is 303 Å². The second-order valence-electron chi connectivity index (χ2n) is 13.8. The number of ether oxygens (including phenoxy) is 3. The van der Waals surface area contributed by atoms with Gasteiger partial charge in [-0.05, 0) is 94.8 Å². The van der Waals surface area contributed by atoms with Gasteiger partial charge in [0.1, 0.15) is 34.9 Å². The maximum absolute atomic E-state index is 12.7. The number of amides is 2. The number of aryl methyl sites for hydroxylation is 1. The summed E-state index contributed by atoms with van der Waals surface area (Å²) < 4.78 is 22.4. The van der Waals surface area contributed by atoms with E-state index in [4.69, 9.17) is 18.6 Å². The van der Waals surface area contributed by atoms with E-state index in [1.807, 2.05) is 88.4 Å². The van der Waals surface area contributed by atoms with E-state index < -0.39 is 29.7 Å². The van der Waals surface area contributed by atoms with Gasteiger partial charge in [0, 0.05) is 24.9 Å². The van der Waals surface area contributed by atoms with Crippen LogP contribution in [-0.4, -0.2) is 69.8 Å². The molecule has 3 aromatic carbocycles. The largest absolute Gasteiger partial charge is 0.493 e. The van der Waals surface area contributed by atoms with Gasteiger partial charge in [0.25, 0.3) is 0 Å². The smallest absolute Gasteiger partial charge is 0.415 e. The van der Waals surface area contributed by atoms with Gasteiger partial charge < -0.3 is 29.1 Å². The summed E-state index contributed by atoms with van der Waals surface area (Å²) in [4.78, 5) is 52.7. The topological polar surface area (TPSA) is 158 Å². The van der Waals surface area contributed by atoms with Crippen LogP contribution >= 0.6 is 0 Å². The molecule has 1 unspecified atom stereocenters. The van der Waals surface area contributed by atoms with Crippen LogP contribution in [0, 0.1) is 12.8 Å². The Kier molecular flexibility index (Phi) is 12.3. The predicted octanol–water partition coefficient (Wildman–Crippen LogP) is 6.39. The summed E-state index contributed by atoms with van der Waals surface area (Å²) >= 11 is 0. The summed E-state index contributed by atoms with van der Waals surface area (Å²) in [5, 5.41) is 12.3. The zero-order chi connectivity index (χ0) is 37.3. The third kappa shape index (κ3) is 10.7. The molecule has 274 valence electrons. The summed E-state index contributed by atoms with van der Waals surface area (Å²) in [6.07, 6.45) is 1.91. The Balaban J connectivity index is 0.000000340. The van der Waals surface area contributed by atoms with E-state index in [9.17, 15) is 24.3 Å². The van der Waals surface area contributed by atoms with Crippen LogP contribution in [0.15, 0.2) is 89.3 Å². The molecule has 12 heteroatoms. The first-order valence-corrected chi connectivity index (χ1v) is 17.4. The van der Waals surface area contributed by atoms with E-state index in [-0.39, 0.29) is 17.8 Å². The first-order chi connectivity index (χ1) is 24.8. The summed E-state index contributed by atoms with van der Waals surface area (Å²) in [6, 6.07) is 24.9. The third-order valence-electron chi connectivity index (χ3n) is 8.49. The van der Waals surface area contributed by atoms with E-state index in [0.29, 0.717) is 56.9 Å². The van der Waals surface area contributed by atoms with Crippen LogP contribution in [0.3, 0.4) is 0 Å². The van der Waals surface area contributed by atoms with Crippen molar-refractivity contribution in [2.24, 2.45) is 5.92 Å². The van der Waals surface area contributed by atoms with Gasteiger partial charge in [-0.1, -0.05) is 48.5 Å². The monoisotopic (exact) mass is 711 g/mol. The second-order valence-corrected chi connectivity index (χ2v) is 13.8. The Hall–Kier alpha value is -5.65. The molecule has 2 amide bonds. The highest BCUT2D eigenvalue weighted by molar-refractivity contribution is 5.88. The SMILES string of the molecule is CC(C)(C)OC(=O)C1CCC(=O)N1.Cc1oc(-c2ccccc2)nc1CCOc1cccc(C[C@H]2C[C@@H](C(=O)O)N(C(=O)Oc3ccccc3)C2)c1. The Morgan fingerprint density at radius 2 is 1.67 bits per heavy atom. The van der Waals surface area contributed by atoms with E-state index in [1.165, 1.54) is 4.90 Å². The van der Waals surface area contributed by atoms with E-state index >= 15 is 0 Å². The number of rotatable bonds is 10. The molecule has 0 spiro atoms. The van der Waals surface area contributed by atoms with Crippen LogP contribution in [0.4, 0.5) is 4.79 Å². The molecule has 3 heterocycles. The lowest BCUT2D eigenvalue weighted by molar-refractivity contribution is -0.157. The van der Waals surface area contributed by atoms with Crippen molar-refractivity contribution in [3.8, 4) is 23.0 Å². The summed E-state index contributed by atoms with van der Waals surface area (Å²) in [6.45, 7) is 8.07. The standard InChI is InChI=1S/C31H30N2O6.C9H15NO3/c1-21-27(32-29(38-21)24-10-4-2-5-11-24)15-16-37-26-14-8-9-22(18-26)17-23-19-28(30(34)35)33(20-23)31(36)39-25-12-6-3-7-13-25;1-9(2,3)13-8(12)6-4-5-7(11)10-6/h2-14,18,23,28H,15-17,19-20H2,1H3,(H,34,35);6H,4-5H2,1-3H3,(H,10,11)/t23-,28-;/m0./s1. The van der Waals surface area contributed by atoms with Gasteiger partial charge in [0.05, 0.1) is 12.3 Å². The molecule has 0 saturated carbocycles. The zero-order valence-electron chi connectivity index (χ0n) is 29.9. The minimum atomic E-state index is -1.03. The number of aliphatic carboxylic acids is 1. The number of esters is 1. The maximum Gasteiger partial charge on any atom is 0.415 e. The van der Waals surface area contributed by atoms with Crippen molar-refractivity contribution in [1.29, 1.82) is 0 Å². The molecular weight excluding hydrogens is 666 g/mol. The molecule has 1 aromatic heterocycles. The molecule has 2 saturated heterocycles. The van der Waals surface area contributed by atoms with Gasteiger partial charge in [-0.15, -0.1) is 0 Å². The molecule has 2 aliphatic rings. The molecule has 0 bridgehead atoms. The van der Waals surface area contributed by atoms with Crippen molar-refractivity contribution in [3.63, 3.8) is 0 Å². The summed E-state index contributed by atoms with van der Waals surface area (Å²) in [5.74, 6) is 1.03. The minimum Gasteiger partial charge on any atom is -0.493 e. The zero-order valence-corrected chi connectivity index (χ0v) is 29.9. The number of hydrogen-bond donors (Lipinski definition) is 2. The molecular formula is C40H45N3O9. The Morgan fingerprint density at radius 3 is 2.33 bits per heavy atom. The van der Waals surface area contributed by atoms with E-state index in [2.05, 4.69) is 10.3 Å². The second kappa shape index (κ2) is 17.0. The van der Waals surface area contributed by atoms with Crippen molar-refractivity contribution >= 4 is 23.9 Å². The van der Waals surface area contributed by atoms with Crippen molar-refractivity contribution < 1.29 is 42.9 Å². The lowest BCUT2D eigenvalue weighted by Gasteiger charge is -2.21. The van der Waals surface area contributed by atoms with Gasteiger partial charge in [0.2, 0.25) is 11.8 Å². The number of carbonyl (C=O) groups is 4. The molecule has 2 fully saturated rings. The third-order valence-corrected chi connectivity index (χ3v) is 8.49. The maximum atomic E-state index is 12.7. The summed E-state index contributed by atoms with van der Waals surface area (Å²) in [7, 11) is 0. The fourth-order valence-corrected chi connectivity index (χ4v) is 6.04. The Bertz CT molecular complexity index is 1840. The van der Waals surface area contributed by atoms with E-state index in [1.54, 1.807) is 24.3 Å². The number of carbonyl (C=O) groups excluding carboxylic acids is 3. The molecule has 2 aliphatic heterocycles. The van der Waals surface area contributed by atoms with Gasteiger partial charge in [-0.3, -0.25) is 9.69 Å². The van der Waals surface area contributed by atoms with Crippen LogP contribution in [0.25, 0.3) is 11.5 Å². The van der Waals surface area contributed by atoms with Crippen LogP contribution in [0.5, 0.6) is 11.5 Å². The average molecular weight is 712 g/mol. The highest BCUT2D eigenvalue weighted by atomic mass is 16.6. The molecule has 3 atom stereocenters.